The van der Waals surface area contributed by atoms with Crippen LogP contribution in [0.15, 0.2) is 49.1 Å². The number of ether oxygens (including phenoxy) is 1. The smallest absolute Gasteiger partial charge is 0.403 e. The number of aromatic nitrogens is 4. The molecule has 35 heavy (non-hydrogen) atoms. The monoisotopic (exact) mass is 492 g/mol. The summed E-state index contributed by atoms with van der Waals surface area (Å²) < 4.78 is 56.5. The molecule has 4 N–H and O–H groups in total. The molecule has 14 heteroatoms. The van der Waals surface area contributed by atoms with E-state index in [4.69, 9.17) is 11.6 Å². The Kier molecular flexibility index (Phi) is 6.75. The van der Waals surface area contributed by atoms with Crippen LogP contribution >= 0.6 is 0 Å². The minimum absolute atomic E-state index is 0.00115. The van der Waals surface area contributed by atoms with Gasteiger partial charge in [-0.05, 0) is 30.7 Å². The lowest BCUT2D eigenvalue weighted by atomic mass is 10.0. The van der Waals surface area contributed by atoms with E-state index in [1.54, 1.807) is 17.0 Å². The van der Waals surface area contributed by atoms with Crippen molar-refractivity contribution in [2.24, 2.45) is 11.6 Å². The first kappa shape index (κ1) is 24.2. The molecule has 0 unspecified atom stereocenters. The number of nitrogens with zero attached hydrogens (tertiary/aromatic N) is 6. The average molecular weight is 492 g/mol. The highest BCUT2D eigenvalue weighted by molar-refractivity contribution is 6.05. The van der Waals surface area contributed by atoms with E-state index >= 15 is 0 Å². The molecule has 1 aliphatic rings. The lowest BCUT2D eigenvalue weighted by molar-refractivity contribution is -0.274. The number of piperidine rings is 1. The Morgan fingerprint density at radius 1 is 1.17 bits per heavy atom. The summed E-state index contributed by atoms with van der Waals surface area (Å²) >= 11 is 0. The molecule has 0 radical (unpaired) electrons. The summed E-state index contributed by atoms with van der Waals surface area (Å²) in [4.78, 5) is 30.8. The van der Waals surface area contributed by atoms with E-state index in [-0.39, 0.29) is 29.4 Å². The lowest BCUT2D eigenvalue weighted by Crippen LogP contribution is -2.49. The Bertz CT molecular complexity index is 1210. The summed E-state index contributed by atoms with van der Waals surface area (Å²) in [5, 5.41) is 0.719. The van der Waals surface area contributed by atoms with Crippen LogP contribution in [0.2, 0.25) is 0 Å². The Labute approximate surface area is 196 Å². The molecular formula is C21H20F4N8O2. The molecule has 1 amide bonds. The Morgan fingerprint density at radius 2 is 1.91 bits per heavy atom. The molecule has 2 atom stereocenters. The molecule has 0 aliphatic carbocycles. The number of halogens is 4. The molecule has 10 nitrogen and oxygen atoms in total. The average Bonchev–Trinajstić information content (AvgIpc) is 2.84. The van der Waals surface area contributed by atoms with Crippen molar-refractivity contribution in [3.63, 3.8) is 0 Å². The third kappa shape index (κ3) is 5.44. The van der Waals surface area contributed by atoms with Gasteiger partial charge in [0.2, 0.25) is 0 Å². The van der Waals surface area contributed by atoms with Crippen LogP contribution in [0.5, 0.6) is 5.75 Å². The number of pyridine rings is 2. The summed E-state index contributed by atoms with van der Waals surface area (Å²) in [5.74, 6) is 4.64. The molecule has 1 aliphatic heterocycles. The van der Waals surface area contributed by atoms with Gasteiger partial charge in [0.05, 0.1) is 24.6 Å². The number of hydrogen-bond donors (Lipinski definition) is 2. The van der Waals surface area contributed by atoms with Crippen molar-refractivity contribution < 1.29 is 27.1 Å². The van der Waals surface area contributed by atoms with E-state index in [2.05, 4.69) is 24.7 Å². The van der Waals surface area contributed by atoms with Crippen LogP contribution in [-0.4, -0.2) is 57.5 Å². The minimum Gasteiger partial charge on any atom is -0.403 e. The van der Waals surface area contributed by atoms with Crippen LogP contribution in [0.3, 0.4) is 0 Å². The van der Waals surface area contributed by atoms with Crippen molar-refractivity contribution in [3.8, 4) is 17.1 Å². The molecule has 3 aromatic heterocycles. The zero-order valence-electron chi connectivity index (χ0n) is 18.1. The molecule has 1 fully saturated rings. The predicted molar refractivity (Wildman–Crippen MR) is 117 cm³/mol. The maximum atomic E-state index is 14.2. The largest absolute Gasteiger partial charge is 0.573 e. The van der Waals surface area contributed by atoms with E-state index in [1.807, 2.05) is 0 Å². The van der Waals surface area contributed by atoms with Gasteiger partial charge in [0.15, 0.2) is 11.6 Å². The molecule has 3 aromatic rings. The van der Waals surface area contributed by atoms with Crippen LogP contribution in [0.1, 0.15) is 16.9 Å². The second kappa shape index (κ2) is 9.76. The fraction of sp³-hybridized carbons (Fsp3) is 0.286. The molecule has 4 rings (SSSR count). The van der Waals surface area contributed by atoms with Gasteiger partial charge in [-0.3, -0.25) is 14.8 Å². The van der Waals surface area contributed by atoms with Crippen LogP contribution in [0.25, 0.3) is 11.4 Å². The topological polar surface area (TPSA) is 136 Å². The molecule has 0 bridgehead atoms. The van der Waals surface area contributed by atoms with Crippen molar-refractivity contribution in [1.29, 1.82) is 0 Å². The number of carbonyl (C=O) groups is 1. The van der Waals surface area contributed by atoms with Gasteiger partial charge in [-0.25, -0.2) is 25.2 Å². The number of rotatable bonds is 5. The van der Waals surface area contributed by atoms with Gasteiger partial charge >= 0.3 is 6.36 Å². The fourth-order valence-corrected chi connectivity index (χ4v) is 3.56. The molecule has 4 heterocycles. The lowest BCUT2D eigenvalue weighted by Gasteiger charge is -2.35. The maximum Gasteiger partial charge on any atom is 0.573 e. The molecule has 184 valence electrons. The molecule has 0 saturated carbocycles. The van der Waals surface area contributed by atoms with E-state index in [0.717, 1.165) is 23.5 Å². The van der Waals surface area contributed by atoms with Crippen LogP contribution in [0, 0.1) is 0 Å². The van der Waals surface area contributed by atoms with E-state index in [9.17, 15) is 22.4 Å². The second-order valence-corrected chi connectivity index (χ2v) is 7.62. The first-order valence-corrected chi connectivity index (χ1v) is 10.4. The van der Waals surface area contributed by atoms with Crippen molar-refractivity contribution in [3.05, 3.63) is 54.7 Å². The van der Waals surface area contributed by atoms with Gasteiger partial charge in [0.1, 0.15) is 23.3 Å². The van der Waals surface area contributed by atoms with Gasteiger partial charge in [-0.15, -0.1) is 13.2 Å². The van der Waals surface area contributed by atoms with Crippen LogP contribution in [-0.2, 0) is 0 Å². The summed E-state index contributed by atoms with van der Waals surface area (Å²) in [6.07, 6.45) is -0.953. The standard InChI is InChI=1S/C21H20F4N8O2/c22-12-11-32(8-5-13(12)26)16-3-1-7-30-19(16)33(27)20(34)15-10-28-9-14(31-15)18-17(4-2-6-29-18)35-21(23,24)25/h1-4,6-7,9-10,12-13H,5,8,11,26-27H2/t12-,13+/m0/s1. The van der Waals surface area contributed by atoms with E-state index < -0.39 is 30.2 Å². The quantitative estimate of drug-likeness (QED) is 0.238. The third-order valence-electron chi connectivity index (χ3n) is 5.24. The van der Waals surface area contributed by atoms with E-state index in [0.29, 0.717) is 18.7 Å². The highest BCUT2D eigenvalue weighted by atomic mass is 19.4. The highest BCUT2D eigenvalue weighted by Gasteiger charge is 2.33. The third-order valence-corrected chi connectivity index (χ3v) is 5.24. The molecule has 0 aromatic carbocycles. The summed E-state index contributed by atoms with van der Waals surface area (Å²) in [7, 11) is 0. The zero-order valence-corrected chi connectivity index (χ0v) is 18.1. The van der Waals surface area contributed by atoms with Crippen LogP contribution in [0.4, 0.5) is 29.1 Å². The summed E-state index contributed by atoms with van der Waals surface area (Å²) in [5.41, 5.74) is 5.46. The van der Waals surface area contributed by atoms with Gasteiger partial charge in [-0.1, -0.05) is 0 Å². The Morgan fingerprint density at radius 3 is 2.66 bits per heavy atom. The predicted octanol–water partition coefficient (Wildman–Crippen LogP) is 2.23. The second-order valence-electron chi connectivity index (χ2n) is 7.62. The van der Waals surface area contributed by atoms with E-state index in [1.165, 1.54) is 18.5 Å². The first-order valence-electron chi connectivity index (χ1n) is 10.4. The van der Waals surface area contributed by atoms with Crippen molar-refractivity contribution in [1.82, 2.24) is 19.9 Å². The first-order chi connectivity index (χ1) is 16.6. The van der Waals surface area contributed by atoms with Gasteiger partial charge in [0.25, 0.3) is 5.91 Å². The number of nitrogens with two attached hydrogens (primary N) is 2. The maximum absolute atomic E-state index is 14.2. The number of anilines is 2. The number of carbonyl (C=O) groups excluding carboxylic acids is 1. The number of hydrogen-bond acceptors (Lipinski definition) is 9. The van der Waals surface area contributed by atoms with Crippen molar-refractivity contribution >= 4 is 17.4 Å². The van der Waals surface area contributed by atoms with Crippen molar-refractivity contribution in [2.75, 3.05) is 23.0 Å². The molecule has 0 spiro atoms. The molecule has 1 saturated heterocycles. The number of alkyl halides is 4. The normalized spacial score (nSPS) is 18.3. The Hall–Kier alpha value is -3.91. The zero-order chi connectivity index (χ0) is 25.2. The van der Waals surface area contributed by atoms with Gasteiger partial charge < -0.3 is 15.4 Å². The fourth-order valence-electron chi connectivity index (χ4n) is 3.56. The summed E-state index contributed by atoms with van der Waals surface area (Å²) in [6, 6.07) is 4.98. The van der Waals surface area contributed by atoms with Crippen molar-refractivity contribution in [2.45, 2.75) is 25.0 Å². The highest BCUT2D eigenvalue weighted by Crippen LogP contribution is 2.32. The van der Waals surface area contributed by atoms with Gasteiger partial charge in [0, 0.05) is 25.0 Å². The number of hydrazine groups is 1. The van der Waals surface area contributed by atoms with Gasteiger partial charge in [-0.2, -0.15) is 0 Å². The summed E-state index contributed by atoms with van der Waals surface area (Å²) in [6.45, 7) is 0.429. The van der Waals surface area contributed by atoms with Crippen LogP contribution < -0.4 is 26.2 Å². The number of amides is 1. The molecular weight excluding hydrogens is 472 g/mol. The Balaban J connectivity index is 1.63. The SMILES string of the molecule is N[C@@H]1CCN(c2cccnc2N(N)C(=O)c2cncc(-c3ncccc3OC(F)(F)F)n2)C[C@@H]1F. The minimum atomic E-state index is -4.96.